The van der Waals surface area contributed by atoms with Crippen molar-refractivity contribution in [1.29, 1.82) is 0 Å². The molecule has 0 unspecified atom stereocenters. The molecule has 5 nitrogen and oxygen atoms in total. The highest BCUT2D eigenvalue weighted by molar-refractivity contribution is 9.10. The van der Waals surface area contributed by atoms with E-state index >= 15 is 0 Å². The minimum absolute atomic E-state index is 0.607. The Kier molecular flexibility index (Phi) is 4.79. The Bertz CT molecular complexity index is 517. The zero-order valence-electron chi connectivity index (χ0n) is 11.0. The van der Waals surface area contributed by atoms with Crippen molar-refractivity contribution in [2.75, 3.05) is 11.9 Å². The lowest BCUT2D eigenvalue weighted by Crippen LogP contribution is -2.06. The van der Waals surface area contributed by atoms with E-state index in [1.165, 1.54) is 0 Å². The summed E-state index contributed by atoms with van der Waals surface area (Å²) >= 11 is 3.57. The second-order valence-electron chi connectivity index (χ2n) is 4.03. The van der Waals surface area contributed by atoms with Crippen LogP contribution < -0.4 is 5.32 Å². The minimum Gasteiger partial charge on any atom is -0.369 e. The van der Waals surface area contributed by atoms with Gasteiger partial charge in [-0.3, -0.25) is 4.98 Å². The fourth-order valence-electron chi connectivity index (χ4n) is 1.71. The maximum atomic E-state index is 4.57. The van der Waals surface area contributed by atoms with Gasteiger partial charge in [-0.05, 0) is 29.3 Å². The number of hydrogen-bond donors (Lipinski definition) is 1. The van der Waals surface area contributed by atoms with Crippen molar-refractivity contribution >= 4 is 21.7 Å². The molecule has 0 radical (unpaired) electrons. The molecule has 0 spiro atoms. The van der Waals surface area contributed by atoms with Gasteiger partial charge in [0.25, 0.3) is 0 Å². The predicted molar refractivity (Wildman–Crippen MR) is 78.9 cm³/mol. The summed E-state index contributed by atoms with van der Waals surface area (Å²) in [5.74, 6) is 1.41. The van der Waals surface area contributed by atoms with Gasteiger partial charge in [0, 0.05) is 18.9 Å². The van der Waals surface area contributed by atoms with E-state index < -0.39 is 0 Å². The van der Waals surface area contributed by atoms with Gasteiger partial charge in [-0.2, -0.15) is 0 Å². The molecule has 0 aliphatic heterocycles. The summed E-state index contributed by atoms with van der Waals surface area (Å²) < 4.78 is 0.934. The monoisotopic (exact) mass is 321 g/mol. The summed E-state index contributed by atoms with van der Waals surface area (Å²) in [7, 11) is 0. The molecule has 0 aliphatic rings. The molecule has 0 aliphatic carbocycles. The second-order valence-corrected chi connectivity index (χ2v) is 4.82. The van der Waals surface area contributed by atoms with Crippen molar-refractivity contribution in [3.8, 4) is 11.5 Å². The summed E-state index contributed by atoms with van der Waals surface area (Å²) in [6.45, 7) is 4.97. The topological polar surface area (TPSA) is 63.6 Å². The molecule has 0 bridgehead atoms. The van der Waals surface area contributed by atoms with Crippen molar-refractivity contribution in [2.24, 2.45) is 0 Å². The van der Waals surface area contributed by atoms with Gasteiger partial charge in [-0.1, -0.05) is 13.3 Å². The molecule has 2 aromatic heterocycles. The van der Waals surface area contributed by atoms with E-state index in [0.717, 1.165) is 35.4 Å². The van der Waals surface area contributed by atoms with Gasteiger partial charge in [-0.25, -0.2) is 15.0 Å². The van der Waals surface area contributed by atoms with E-state index in [1.807, 2.05) is 6.92 Å². The molecule has 6 heteroatoms. The fourth-order valence-corrected chi connectivity index (χ4v) is 2.23. The molecular formula is C13H16BrN5. The number of halogens is 1. The third-order valence-electron chi connectivity index (χ3n) is 2.54. The van der Waals surface area contributed by atoms with Crippen molar-refractivity contribution in [1.82, 2.24) is 19.9 Å². The summed E-state index contributed by atoms with van der Waals surface area (Å²) in [4.78, 5) is 17.4. The second kappa shape index (κ2) is 6.56. The van der Waals surface area contributed by atoms with Crippen molar-refractivity contribution in [3.63, 3.8) is 0 Å². The third kappa shape index (κ3) is 3.26. The van der Waals surface area contributed by atoms with Crippen molar-refractivity contribution in [3.05, 3.63) is 28.8 Å². The maximum absolute atomic E-state index is 4.57. The molecule has 2 aromatic rings. The Labute approximate surface area is 121 Å². The lowest BCUT2D eigenvalue weighted by Gasteiger charge is -2.11. The molecule has 19 heavy (non-hydrogen) atoms. The standard InChI is InChI=1S/C13H16BrN5/c1-3-5-9-11(14)13(16-4-2)19-12(18-9)10-8-15-6-7-17-10/h6-8H,3-5H2,1-2H3,(H,16,18,19). The molecule has 1 N–H and O–H groups in total. The molecule has 0 fully saturated rings. The minimum atomic E-state index is 0.607. The molecule has 100 valence electrons. The van der Waals surface area contributed by atoms with Crippen LogP contribution in [0.5, 0.6) is 0 Å². The molecule has 0 saturated carbocycles. The van der Waals surface area contributed by atoms with E-state index in [-0.39, 0.29) is 0 Å². The first-order valence-corrected chi connectivity index (χ1v) is 7.12. The van der Waals surface area contributed by atoms with Crippen LogP contribution >= 0.6 is 15.9 Å². The van der Waals surface area contributed by atoms with E-state index in [1.54, 1.807) is 18.6 Å². The Balaban J connectivity index is 2.49. The SMILES string of the molecule is CCCc1nc(-c2cnccn2)nc(NCC)c1Br. The lowest BCUT2D eigenvalue weighted by molar-refractivity contribution is 0.865. The largest absolute Gasteiger partial charge is 0.369 e. The van der Waals surface area contributed by atoms with Gasteiger partial charge in [0.05, 0.1) is 16.4 Å². The highest BCUT2D eigenvalue weighted by atomic mass is 79.9. The number of rotatable bonds is 5. The molecule has 2 heterocycles. The average molecular weight is 322 g/mol. The predicted octanol–water partition coefficient (Wildman–Crippen LogP) is 3.08. The van der Waals surface area contributed by atoms with Gasteiger partial charge < -0.3 is 5.32 Å². The lowest BCUT2D eigenvalue weighted by atomic mass is 10.2. The van der Waals surface area contributed by atoms with E-state index in [9.17, 15) is 0 Å². The normalized spacial score (nSPS) is 10.5. The Morgan fingerprint density at radius 3 is 2.68 bits per heavy atom. The van der Waals surface area contributed by atoms with Crippen LogP contribution in [0.4, 0.5) is 5.82 Å². The number of aryl methyl sites for hydroxylation is 1. The first kappa shape index (κ1) is 13.9. The maximum Gasteiger partial charge on any atom is 0.182 e. The number of nitrogens with zero attached hydrogens (tertiary/aromatic N) is 4. The fraction of sp³-hybridized carbons (Fsp3) is 0.385. The molecular weight excluding hydrogens is 306 g/mol. The van der Waals surface area contributed by atoms with Gasteiger partial charge in [-0.15, -0.1) is 0 Å². The molecule has 0 atom stereocenters. The number of anilines is 1. The first-order chi connectivity index (χ1) is 9.26. The van der Waals surface area contributed by atoms with E-state index in [2.05, 4.69) is 48.1 Å². The summed E-state index contributed by atoms with van der Waals surface area (Å²) in [6, 6.07) is 0. The highest BCUT2D eigenvalue weighted by Crippen LogP contribution is 2.27. The Morgan fingerprint density at radius 2 is 2.05 bits per heavy atom. The van der Waals surface area contributed by atoms with E-state index in [4.69, 9.17) is 0 Å². The number of hydrogen-bond acceptors (Lipinski definition) is 5. The van der Waals surface area contributed by atoms with Gasteiger partial charge >= 0.3 is 0 Å². The summed E-state index contributed by atoms with van der Waals surface area (Å²) in [5, 5.41) is 3.24. The van der Waals surface area contributed by atoms with Crippen LogP contribution in [0.2, 0.25) is 0 Å². The molecule has 2 rings (SSSR count). The quantitative estimate of drug-likeness (QED) is 0.916. The Hall–Kier alpha value is -1.56. The van der Waals surface area contributed by atoms with Crippen LogP contribution in [0.1, 0.15) is 26.0 Å². The van der Waals surface area contributed by atoms with Crippen LogP contribution in [0, 0.1) is 0 Å². The summed E-state index contributed by atoms with van der Waals surface area (Å²) in [5.41, 5.74) is 1.68. The van der Waals surface area contributed by atoms with Crippen LogP contribution in [0.3, 0.4) is 0 Å². The molecule has 0 saturated heterocycles. The van der Waals surface area contributed by atoms with Crippen LogP contribution in [0.15, 0.2) is 23.1 Å². The number of aromatic nitrogens is 4. The van der Waals surface area contributed by atoms with Crippen LogP contribution in [-0.2, 0) is 6.42 Å². The number of nitrogens with one attached hydrogen (secondary N) is 1. The third-order valence-corrected chi connectivity index (χ3v) is 3.38. The van der Waals surface area contributed by atoms with Gasteiger partial charge in [0.2, 0.25) is 0 Å². The summed E-state index contributed by atoms with van der Waals surface area (Å²) in [6.07, 6.45) is 6.89. The Morgan fingerprint density at radius 1 is 1.21 bits per heavy atom. The van der Waals surface area contributed by atoms with Gasteiger partial charge in [0.15, 0.2) is 5.82 Å². The molecule has 0 amide bonds. The zero-order valence-corrected chi connectivity index (χ0v) is 12.6. The van der Waals surface area contributed by atoms with E-state index in [0.29, 0.717) is 11.5 Å². The first-order valence-electron chi connectivity index (χ1n) is 6.32. The van der Waals surface area contributed by atoms with Gasteiger partial charge in [0.1, 0.15) is 11.5 Å². The van der Waals surface area contributed by atoms with Crippen molar-refractivity contribution in [2.45, 2.75) is 26.7 Å². The zero-order chi connectivity index (χ0) is 13.7. The van der Waals surface area contributed by atoms with Crippen molar-refractivity contribution < 1.29 is 0 Å². The average Bonchev–Trinajstić information content (AvgIpc) is 2.44. The van der Waals surface area contributed by atoms with Crippen LogP contribution in [-0.4, -0.2) is 26.5 Å². The highest BCUT2D eigenvalue weighted by Gasteiger charge is 2.13. The van der Waals surface area contributed by atoms with Crippen LogP contribution in [0.25, 0.3) is 11.5 Å². The smallest absolute Gasteiger partial charge is 0.182 e. The molecule has 0 aromatic carbocycles.